The number of nitrogens with one attached hydrogen (secondary N) is 3. The molecule has 5 aliphatic rings. The minimum Gasteiger partial charge on any atom is -0.332 e. The smallest absolute Gasteiger partial charge is 0.321 e. The van der Waals surface area contributed by atoms with Gasteiger partial charge in [0.15, 0.2) is 0 Å². The standard InChI is InChI=1S/C21H35N3O2/c1-13-5-3-4-6-18(13)22-14(2)19(25)23-20(26)24-21-10-15-7-16(11-21)9-17(8-15)12-21/h13-18,22H,3-12H2,1-2H3,(H2,23,24,25,26)/t13-,14-,15?,16?,17?,18+,21?/m0/s1. The molecule has 0 aromatic rings. The highest BCUT2D eigenvalue weighted by molar-refractivity contribution is 5.97. The topological polar surface area (TPSA) is 70.2 Å². The van der Waals surface area contributed by atoms with Crippen LogP contribution < -0.4 is 16.0 Å². The van der Waals surface area contributed by atoms with Gasteiger partial charge in [0.25, 0.3) is 0 Å². The van der Waals surface area contributed by atoms with Crippen LogP contribution in [0.5, 0.6) is 0 Å². The van der Waals surface area contributed by atoms with E-state index < -0.39 is 0 Å². The van der Waals surface area contributed by atoms with Gasteiger partial charge < -0.3 is 10.6 Å². The molecular weight excluding hydrogens is 326 g/mol. The second kappa shape index (κ2) is 7.14. The average molecular weight is 362 g/mol. The van der Waals surface area contributed by atoms with E-state index in [1.807, 2.05) is 6.92 Å². The molecule has 3 atom stereocenters. The Morgan fingerprint density at radius 2 is 1.54 bits per heavy atom. The summed E-state index contributed by atoms with van der Waals surface area (Å²) in [5, 5.41) is 9.27. The molecule has 5 heteroatoms. The zero-order chi connectivity index (χ0) is 18.3. The Bertz CT molecular complexity index is 526. The van der Waals surface area contributed by atoms with Crippen LogP contribution in [0.3, 0.4) is 0 Å². The van der Waals surface area contributed by atoms with E-state index in [2.05, 4.69) is 22.9 Å². The average Bonchev–Trinajstić information content (AvgIpc) is 2.54. The van der Waals surface area contributed by atoms with Gasteiger partial charge in [-0.3, -0.25) is 10.1 Å². The third-order valence-corrected chi connectivity index (χ3v) is 7.62. The SMILES string of the molecule is C[C@H](N[C@@H]1CCCC[C@@H]1C)C(=O)NC(=O)NC12CC3CC(CC(C3)C1)C2. The van der Waals surface area contributed by atoms with Crippen LogP contribution in [0.15, 0.2) is 0 Å². The Hall–Kier alpha value is -1.10. The fourth-order valence-electron chi connectivity index (χ4n) is 6.72. The molecule has 5 aliphatic carbocycles. The summed E-state index contributed by atoms with van der Waals surface area (Å²) in [7, 11) is 0. The van der Waals surface area contributed by atoms with Crippen molar-refractivity contribution < 1.29 is 9.59 Å². The summed E-state index contributed by atoms with van der Waals surface area (Å²) in [6.45, 7) is 4.12. The Morgan fingerprint density at radius 1 is 0.962 bits per heavy atom. The highest BCUT2D eigenvalue weighted by Gasteiger charge is 2.51. The molecular formula is C21H35N3O2. The van der Waals surface area contributed by atoms with Crippen LogP contribution in [-0.2, 0) is 4.79 Å². The number of imide groups is 1. The normalized spacial score (nSPS) is 42.3. The number of urea groups is 1. The number of amides is 3. The van der Waals surface area contributed by atoms with E-state index in [1.54, 1.807) is 0 Å². The highest BCUT2D eigenvalue weighted by Crippen LogP contribution is 2.55. The van der Waals surface area contributed by atoms with Gasteiger partial charge in [0.2, 0.25) is 5.91 Å². The van der Waals surface area contributed by atoms with Crippen molar-refractivity contribution in [2.75, 3.05) is 0 Å². The van der Waals surface area contributed by atoms with Crippen LogP contribution in [0.25, 0.3) is 0 Å². The third-order valence-electron chi connectivity index (χ3n) is 7.62. The summed E-state index contributed by atoms with van der Waals surface area (Å²) < 4.78 is 0. The van der Waals surface area contributed by atoms with Gasteiger partial charge in [-0.05, 0) is 82.0 Å². The molecule has 5 fully saturated rings. The van der Waals surface area contributed by atoms with E-state index in [-0.39, 0.29) is 23.5 Å². The summed E-state index contributed by atoms with van der Waals surface area (Å²) in [5.74, 6) is 2.74. The number of carbonyl (C=O) groups is 2. The largest absolute Gasteiger partial charge is 0.332 e. The van der Waals surface area contributed by atoms with Crippen LogP contribution in [0.2, 0.25) is 0 Å². The van der Waals surface area contributed by atoms with Crippen LogP contribution in [0.1, 0.15) is 78.1 Å². The molecule has 0 unspecified atom stereocenters. The Kier molecular flexibility index (Phi) is 5.02. The Labute approximate surface area is 157 Å². The third kappa shape index (κ3) is 3.78. The number of hydrogen-bond donors (Lipinski definition) is 3. The van der Waals surface area contributed by atoms with Gasteiger partial charge in [-0.1, -0.05) is 19.8 Å². The van der Waals surface area contributed by atoms with E-state index >= 15 is 0 Å². The Balaban J connectivity index is 1.28. The van der Waals surface area contributed by atoms with Crippen molar-refractivity contribution >= 4 is 11.9 Å². The molecule has 5 saturated carbocycles. The summed E-state index contributed by atoms with van der Waals surface area (Å²) in [6, 6.07) is -0.235. The lowest BCUT2D eigenvalue weighted by Crippen LogP contribution is -2.62. The van der Waals surface area contributed by atoms with E-state index in [9.17, 15) is 9.59 Å². The first-order valence-corrected chi connectivity index (χ1v) is 10.8. The van der Waals surface area contributed by atoms with Crippen LogP contribution in [0.4, 0.5) is 4.79 Å². The number of hydrogen-bond acceptors (Lipinski definition) is 3. The van der Waals surface area contributed by atoms with Gasteiger partial charge in [0.1, 0.15) is 0 Å². The molecule has 0 saturated heterocycles. The minimum absolute atomic E-state index is 0.0480. The van der Waals surface area contributed by atoms with Gasteiger partial charge in [0, 0.05) is 11.6 Å². The first-order chi connectivity index (χ1) is 12.4. The van der Waals surface area contributed by atoms with Crippen molar-refractivity contribution in [1.82, 2.24) is 16.0 Å². The number of rotatable bonds is 4. The van der Waals surface area contributed by atoms with Crippen molar-refractivity contribution in [3.8, 4) is 0 Å². The molecule has 0 aromatic heterocycles. The lowest BCUT2D eigenvalue weighted by Gasteiger charge is -2.56. The van der Waals surface area contributed by atoms with E-state index in [4.69, 9.17) is 0 Å². The second-order valence-corrected chi connectivity index (χ2v) is 9.90. The summed E-state index contributed by atoms with van der Waals surface area (Å²) in [6.07, 6.45) is 12.2. The van der Waals surface area contributed by atoms with Crippen molar-refractivity contribution in [3.05, 3.63) is 0 Å². The molecule has 0 aromatic carbocycles. The fraction of sp³-hybridized carbons (Fsp3) is 0.905. The molecule has 0 spiro atoms. The van der Waals surface area contributed by atoms with E-state index in [0.717, 1.165) is 43.4 Å². The fourth-order valence-corrected chi connectivity index (χ4v) is 6.72. The molecule has 146 valence electrons. The molecule has 0 heterocycles. The minimum atomic E-state index is -0.331. The van der Waals surface area contributed by atoms with Crippen molar-refractivity contribution in [3.63, 3.8) is 0 Å². The molecule has 3 N–H and O–H groups in total. The molecule has 26 heavy (non-hydrogen) atoms. The molecule has 0 radical (unpaired) electrons. The van der Waals surface area contributed by atoms with Crippen LogP contribution >= 0.6 is 0 Å². The maximum absolute atomic E-state index is 12.5. The maximum Gasteiger partial charge on any atom is 0.321 e. The summed E-state index contributed by atoms with van der Waals surface area (Å²) in [5.41, 5.74) is -0.0480. The van der Waals surface area contributed by atoms with Gasteiger partial charge in [-0.25, -0.2) is 4.79 Å². The monoisotopic (exact) mass is 361 g/mol. The first-order valence-electron chi connectivity index (χ1n) is 10.8. The first kappa shape index (κ1) is 18.3. The highest BCUT2D eigenvalue weighted by atomic mass is 16.2. The van der Waals surface area contributed by atoms with Crippen molar-refractivity contribution in [1.29, 1.82) is 0 Å². The molecule has 0 aliphatic heterocycles. The quantitative estimate of drug-likeness (QED) is 0.719. The zero-order valence-corrected chi connectivity index (χ0v) is 16.4. The lowest BCUT2D eigenvalue weighted by atomic mass is 9.53. The molecule has 4 bridgehead atoms. The predicted molar refractivity (Wildman–Crippen MR) is 102 cm³/mol. The van der Waals surface area contributed by atoms with Crippen molar-refractivity contribution in [2.45, 2.75) is 95.7 Å². The van der Waals surface area contributed by atoms with Crippen molar-refractivity contribution in [2.24, 2.45) is 23.7 Å². The van der Waals surface area contributed by atoms with Gasteiger partial charge in [-0.2, -0.15) is 0 Å². The molecule has 5 nitrogen and oxygen atoms in total. The van der Waals surface area contributed by atoms with Gasteiger partial charge in [0.05, 0.1) is 6.04 Å². The molecule has 3 amide bonds. The van der Waals surface area contributed by atoms with Gasteiger partial charge >= 0.3 is 6.03 Å². The lowest BCUT2D eigenvalue weighted by molar-refractivity contribution is -0.122. The van der Waals surface area contributed by atoms with Gasteiger partial charge in [-0.15, -0.1) is 0 Å². The predicted octanol–water partition coefficient (Wildman–Crippen LogP) is 3.34. The second-order valence-electron chi connectivity index (χ2n) is 9.90. The zero-order valence-electron chi connectivity index (χ0n) is 16.4. The summed E-state index contributed by atoms with van der Waals surface area (Å²) >= 11 is 0. The molecule has 5 rings (SSSR count). The van der Waals surface area contributed by atoms with E-state index in [1.165, 1.54) is 38.5 Å². The summed E-state index contributed by atoms with van der Waals surface area (Å²) in [4.78, 5) is 25.0. The Morgan fingerprint density at radius 3 is 2.12 bits per heavy atom. The van der Waals surface area contributed by atoms with Crippen LogP contribution in [0, 0.1) is 23.7 Å². The number of carbonyl (C=O) groups excluding carboxylic acids is 2. The van der Waals surface area contributed by atoms with Crippen LogP contribution in [-0.4, -0.2) is 29.6 Å². The maximum atomic E-state index is 12.5. The van der Waals surface area contributed by atoms with E-state index in [0.29, 0.717) is 12.0 Å².